The van der Waals surface area contributed by atoms with Crippen LogP contribution in [-0.2, 0) is 6.18 Å². The summed E-state index contributed by atoms with van der Waals surface area (Å²) in [6.07, 6.45) is -4.35. The van der Waals surface area contributed by atoms with E-state index in [1.54, 1.807) is 4.57 Å². The lowest BCUT2D eigenvalue weighted by Gasteiger charge is -2.08. The first-order chi connectivity index (χ1) is 9.47. The molecule has 3 rings (SSSR count). The molecule has 0 spiro atoms. The molecule has 2 N–H and O–H groups in total. The Bertz CT molecular complexity index is 810. The van der Waals surface area contributed by atoms with Gasteiger partial charge in [-0.1, -0.05) is 12.1 Å². The van der Waals surface area contributed by atoms with Gasteiger partial charge in [0.15, 0.2) is 0 Å². The number of para-hydroxylation sites is 2. The van der Waals surface area contributed by atoms with Crippen molar-refractivity contribution in [1.29, 1.82) is 5.41 Å². The van der Waals surface area contributed by atoms with Crippen molar-refractivity contribution in [2.75, 3.05) is 0 Å². The quantitative estimate of drug-likeness (QED) is 0.684. The van der Waals surface area contributed by atoms with Gasteiger partial charge in [0.25, 0.3) is 0 Å². The molecular formula is C14H10F3N3. The van der Waals surface area contributed by atoms with E-state index in [-0.39, 0.29) is 5.62 Å². The molecule has 102 valence electrons. The van der Waals surface area contributed by atoms with Gasteiger partial charge < -0.3 is 4.98 Å². The second-order valence-electron chi connectivity index (χ2n) is 4.37. The van der Waals surface area contributed by atoms with Crippen molar-refractivity contribution < 1.29 is 13.2 Å². The maximum atomic E-state index is 12.5. The highest BCUT2D eigenvalue weighted by molar-refractivity contribution is 5.77. The zero-order valence-corrected chi connectivity index (χ0v) is 10.2. The minimum Gasteiger partial charge on any atom is -0.324 e. The molecule has 2 aromatic carbocycles. The Hall–Kier alpha value is -2.50. The van der Waals surface area contributed by atoms with Gasteiger partial charge >= 0.3 is 6.18 Å². The van der Waals surface area contributed by atoms with Gasteiger partial charge in [-0.2, -0.15) is 13.2 Å². The summed E-state index contributed by atoms with van der Waals surface area (Å²) in [5.74, 6) is 0. The number of imidazole rings is 1. The van der Waals surface area contributed by atoms with Crippen LogP contribution in [0.3, 0.4) is 0 Å². The molecule has 1 heterocycles. The van der Waals surface area contributed by atoms with Crippen molar-refractivity contribution in [1.82, 2.24) is 9.55 Å². The molecule has 0 bridgehead atoms. The van der Waals surface area contributed by atoms with Crippen LogP contribution in [0.5, 0.6) is 0 Å². The van der Waals surface area contributed by atoms with E-state index in [2.05, 4.69) is 4.98 Å². The van der Waals surface area contributed by atoms with Crippen LogP contribution in [0.25, 0.3) is 16.7 Å². The Morgan fingerprint density at radius 1 is 0.950 bits per heavy atom. The number of halogens is 3. The van der Waals surface area contributed by atoms with Crippen molar-refractivity contribution in [3.8, 4) is 5.69 Å². The summed E-state index contributed by atoms with van der Waals surface area (Å²) in [5.41, 5.74) is 1.44. The molecule has 6 heteroatoms. The average molecular weight is 277 g/mol. The standard InChI is InChI=1S/C14H10F3N3/c15-14(16,17)9-5-7-10(8-6-9)20-12-4-2-1-3-11(12)19-13(20)18/h1-8H,(H2,18,19). The zero-order valence-electron chi connectivity index (χ0n) is 10.2. The van der Waals surface area contributed by atoms with Gasteiger partial charge in [0.1, 0.15) is 0 Å². The van der Waals surface area contributed by atoms with E-state index in [1.165, 1.54) is 12.1 Å². The van der Waals surface area contributed by atoms with E-state index in [1.807, 2.05) is 24.3 Å². The number of aromatic amines is 1. The second kappa shape index (κ2) is 4.26. The van der Waals surface area contributed by atoms with Crippen LogP contribution in [0.4, 0.5) is 13.2 Å². The minimum atomic E-state index is -4.35. The summed E-state index contributed by atoms with van der Waals surface area (Å²) in [5, 5.41) is 7.90. The van der Waals surface area contributed by atoms with Crippen LogP contribution >= 0.6 is 0 Å². The highest BCUT2D eigenvalue weighted by atomic mass is 19.4. The van der Waals surface area contributed by atoms with E-state index in [9.17, 15) is 13.2 Å². The number of H-pyrrole nitrogens is 1. The molecule has 0 aliphatic rings. The lowest BCUT2D eigenvalue weighted by Crippen LogP contribution is -2.15. The van der Waals surface area contributed by atoms with Crippen LogP contribution in [-0.4, -0.2) is 9.55 Å². The number of hydrogen-bond donors (Lipinski definition) is 2. The maximum Gasteiger partial charge on any atom is 0.416 e. The molecule has 0 aliphatic carbocycles. The van der Waals surface area contributed by atoms with E-state index < -0.39 is 11.7 Å². The van der Waals surface area contributed by atoms with Crippen molar-refractivity contribution in [3.63, 3.8) is 0 Å². The second-order valence-corrected chi connectivity index (χ2v) is 4.37. The van der Waals surface area contributed by atoms with Gasteiger partial charge in [0, 0.05) is 5.69 Å². The largest absolute Gasteiger partial charge is 0.416 e. The first-order valence-electron chi connectivity index (χ1n) is 5.89. The third kappa shape index (κ3) is 1.99. The fourth-order valence-electron chi connectivity index (χ4n) is 2.15. The molecule has 0 atom stereocenters. The highest BCUT2D eigenvalue weighted by Crippen LogP contribution is 2.29. The molecule has 0 saturated carbocycles. The number of rotatable bonds is 1. The van der Waals surface area contributed by atoms with Gasteiger partial charge in [-0.15, -0.1) is 0 Å². The van der Waals surface area contributed by atoms with Crippen LogP contribution in [0, 0.1) is 5.41 Å². The normalized spacial score (nSPS) is 11.9. The molecule has 20 heavy (non-hydrogen) atoms. The molecule has 0 amide bonds. The monoisotopic (exact) mass is 277 g/mol. The molecule has 0 aliphatic heterocycles. The number of fused-ring (bicyclic) bond motifs is 1. The molecule has 0 fully saturated rings. The fourth-order valence-corrected chi connectivity index (χ4v) is 2.15. The summed E-state index contributed by atoms with van der Waals surface area (Å²) in [7, 11) is 0. The Morgan fingerprint density at radius 2 is 1.60 bits per heavy atom. The number of hydrogen-bond acceptors (Lipinski definition) is 1. The van der Waals surface area contributed by atoms with Crippen LogP contribution < -0.4 is 5.62 Å². The molecule has 0 unspecified atom stereocenters. The number of nitrogens with one attached hydrogen (secondary N) is 2. The van der Waals surface area contributed by atoms with E-state index in [0.29, 0.717) is 5.69 Å². The van der Waals surface area contributed by atoms with Crippen molar-refractivity contribution >= 4 is 11.0 Å². The van der Waals surface area contributed by atoms with E-state index in [0.717, 1.165) is 23.2 Å². The Balaban J connectivity index is 2.17. The van der Waals surface area contributed by atoms with Gasteiger partial charge in [0.2, 0.25) is 5.62 Å². The topological polar surface area (TPSA) is 44.6 Å². The lowest BCUT2D eigenvalue weighted by atomic mass is 10.2. The summed E-state index contributed by atoms with van der Waals surface area (Å²) in [6, 6.07) is 12.0. The molecular weight excluding hydrogens is 267 g/mol. The minimum absolute atomic E-state index is 0.117. The predicted molar refractivity (Wildman–Crippen MR) is 68.5 cm³/mol. The van der Waals surface area contributed by atoms with Crippen LogP contribution in [0.15, 0.2) is 48.5 Å². The van der Waals surface area contributed by atoms with Gasteiger partial charge in [-0.25, -0.2) is 0 Å². The fraction of sp³-hybridized carbons (Fsp3) is 0.0714. The molecule has 0 saturated heterocycles. The summed E-state index contributed by atoms with van der Waals surface area (Å²) in [4.78, 5) is 2.88. The molecule has 3 nitrogen and oxygen atoms in total. The van der Waals surface area contributed by atoms with Gasteiger partial charge in [0.05, 0.1) is 16.6 Å². The first-order valence-corrected chi connectivity index (χ1v) is 5.89. The summed E-state index contributed by atoms with van der Waals surface area (Å²) >= 11 is 0. The van der Waals surface area contributed by atoms with Gasteiger partial charge in [-0.05, 0) is 36.4 Å². The van der Waals surface area contributed by atoms with Crippen LogP contribution in [0.2, 0.25) is 0 Å². The predicted octanol–water partition coefficient (Wildman–Crippen LogP) is 3.46. The number of aromatic nitrogens is 2. The van der Waals surface area contributed by atoms with Crippen LogP contribution in [0.1, 0.15) is 5.56 Å². The lowest BCUT2D eigenvalue weighted by molar-refractivity contribution is -0.137. The molecule has 0 radical (unpaired) electrons. The first kappa shape index (κ1) is 12.5. The molecule has 3 aromatic rings. The zero-order chi connectivity index (χ0) is 14.3. The third-order valence-corrected chi connectivity index (χ3v) is 3.07. The van der Waals surface area contributed by atoms with E-state index in [4.69, 9.17) is 5.41 Å². The average Bonchev–Trinajstić information content (AvgIpc) is 2.73. The number of alkyl halides is 3. The van der Waals surface area contributed by atoms with Crippen molar-refractivity contribution in [2.24, 2.45) is 0 Å². The Kier molecular flexibility index (Phi) is 2.67. The Labute approximate surface area is 111 Å². The van der Waals surface area contributed by atoms with Crippen molar-refractivity contribution in [3.05, 3.63) is 59.7 Å². The highest BCUT2D eigenvalue weighted by Gasteiger charge is 2.30. The SMILES string of the molecule is N=c1[nH]c2ccccc2n1-c1ccc(C(F)(F)F)cc1. The Morgan fingerprint density at radius 3 is 2.25 bits per heavy atom. The van der Waals surface area contributed by atoms with Crippen molar-refractivity contribution in [2.45, 2.75) is 6.18 Å². The third-order valence-electron chi connectivity index (χ3n) is 3.07. The van der Waals surface area contributed by atoms with E-state index >= 15 is 0 Å². The van der Waals surface area contributed by atoms with Gasteiger partial charge in [-0.3, -0.25) is 9.98 Å². The number of benzene rings is 2. The number of nitrogens with zero attached hydrogens (tertiary/aromatic N) is 1. The summed E-state index contributed by atoms with van der Waals surface area (Å²) in [6.45, 7) is 0. The smallest absolute Gasteiger partial charge is 0.324 e. The summed E-state index contributed by atoms with van der Waals surface area (Å²) < 4.78 is 39.2. The maximum absolute atomic E-state index is 12.5. The molecule has 1 aromatic heterocycles.